The van der Waals surface area contributed by atoms with Crippen LogP contribution < -0.4 is 10.6 Å². The van der Waals surface area contributed by atoms with Gasteiger partial charge in [-0.25, -0.2) is 4.98 Å². The highest BCUT2D eigenvalue weighted by Gasteiger charge is 2.31. The van der Waals surface area contributed by atoms with Gasteiger partial charge in [0.1, 0.15) is 12.1 Å². The second-order valence-corrected chi connectivity index (χ2v) is 7.95. The van der Waals surface area contributed by atoms with E-state index >= 15 is 0 Å². The zero-order valence-electron chi connectivity index (χ0n) is 15.0. The van der Waals surface area contributed by atoms with Crippen LogP contribution in [-0.4, -0.2) is 34.1 Å². The van der Waals surface area contributed by atoms with Gasteiger partial charge in [-0.3, -0.25) is 9.59 Å². The SMILES string of the molecule is C=C(C)c1cnc(NC(=O)[C@H](CCC)NC(=O)[C@@H](O)C(C)(C)C)s1. The summed E-state index contributed by atoms with van der Waals surface area (Å²) in [5.74, 6) is -0.883. The molecule has 24 heavy (non-hydrogen) atoms. The van der Waals surface area contributed by atoms with Gasteiger partial charge in [0.05, 0.1) is 4.88 Å². The molecule has 2 amide bonds. The van der Waals surface area contributed by atoms with Crippen molar-refractivity contribution in [3.63, 3.8) is 0 Å². The van der Waals surface area contributed by atoms with E-state index in [0.29, 0.717) is 11.6 Å². The van der Waals surface area contributed by atoms with Crippen LogP contribution >= 0.6 is 11.3 Å². The van der Waals surface area contributed by atoms with Gasteiger partial charge in [0.2, 0.25) is 11.8 Å². The van der Waals surface area contributed by atoms with Crippen molar-refractivity contribution in [2.75, 3.05) is 5.32 Å². The summed E-state index contributed by atoms with van der Waals surface area (Å²) in [5, 5.41) is 15.9. The molecule has 0 aliphatic heterocycles. The topological polar surface area (TPSA) is 91.3 Å². The predicted molar refractivity (Wildman–Crippen MR) is 97.8 cm³/mol. The minimum absolute atomic E-state index is 0.339. The first-order valence-electron chi connectivity index (χ1n) is 7.97. The van der Waals surface area contributed by atoms with E-state index in [0.717, 1.165) is 16.9 Å². The second-order valence-electron chi connectivity index (χ2n) is 6.92. The zero-order valence-corrected chi connectivity index (χ0v) is 15.8. The number of nitrogens with zero attached hydrogens (tertiary/aromatic N) is 1. The summed E-state index contributed by atoms with van der Waals surface area (Å²) >= 11 is 1.33. The molecule has 0 spiro atoms. The van der Waals surface area contributed by atoms with Crippen LogP contribution in [0, 0.1) is 5.41 Å². The molecule has 1 heterocycles. The predicted octanol–water partition coefficient (Wildman–Crippen LogP) is 2.81. The third-order valence-corrected chi connectivity index (χ3v) is 4.51. The van der Waals surface area contributed by atoms with Crippen molar-refractivity contribution in [1.29, 1.82) is 0 Å². The molecule has 0 bridgehead atoms. The Balaban J connectivity index is 2.77. The quantitative estimate of drug-likeness (QED) is 0.703. The van der Waals surface area contributed by atoms with Crippen LogP contribution in [0.3, 0.4) is 0 Å². The van der Waals surface area contributed by atoms with Gasteiger partial charge in [0.25, 0.3) is 0 Å². The van der Waals surface area contributed by atoms with Crippen molar-refractivity contribution in [2.45, 2.75) is 59.6 Å². The largest absolute Gasteiger partial charge is 0.383 e. The Morgan fingerprint density at radius 2 is 2.00 bits per heavy atom. The van der Waals surface area contributed by atoms with E-state index < -0.39 is 23.5 Å². The molecular weight excluding hydrogens is 326 g/mol. The van der Waals surface area contributed by atoms with Crippen LogP contribution in [0.4, 0.5) is 5.13 Å². The van der Waals surface area contributed by atoms with Gasteiger partial charge >= 0.3 is 0 Å². The number of aromatic nitrogens is 1. The number of hydrogen-bond donors (Lipinski definition) is 3. The Hall–Kier alpha value is -1.73. The van der Waals surface area contributed by atoms with Crippen LogP contribution in [-0.2, 0) is 9.59 Å². The van der Waals surface area contributed by atoms with Crippen molar-refractivity contribution < 1.29 is 14.7 Å². The summed E-state index contributed by atoms with van der Waals surface area (Å²) in [4.78, 5) is 29.6. The van der Waals surface area contributed by atoms with Gasteiger partial charge in [-0.15, -0.1) is 0 Å². The minimum Gasteiger partial charge on any atom is -0.383 e. The van der Waals surface area contributed by atoms with Crippen molar-refractivity contribution in [3.8, 4) is 0 Å². The highest BCUT2D eigenvalue weighted by molar-refractivity contribution is 7.16. The lowest BCUT2D eigenvalue weighted by Crippen LogP contribution is -2.50. The highest BCUT2D eigenvalue weighted by Crippen LogP contribution is 2.24. The summed E-state index contributed by atoms with van der Waals surface area (Å²) in [6.45, 7) is 12.9. The molecule has 0 aliphatic carbocycles. The highest BCUT2D eigenvalue weighted by atomic mass is 32.1. The Morgan fingerprint density at radius 3 is 2.46 bits per heavy atom. The first-order valence-corrected chi connectivity index (χ1v) is 8.79. The number of carbonyl (C=O) groups is 2. The smallest absolute Gasteiger partial charge is 0.250 e. The number of nitrogens with one attached hydrogen (secondary N) is 2. The Morgan fingerprint density at radius 1 is 1.38 bits per heavy atom. The van der Waals surface area contributed by atoms with E-state index in [4.69, 9.17) is 0 Å². The van der Waals surface area contributed by atoms with Gasteiger partial charge in [-0.2, -0.15) is 0 Å². The number of allylic oxidation sites excluding steroid dienone is 1. The Kier molecular flexibility index (Phi) is 7.10. The molecule has 0 aliphatic rings. The minimum atomic E-state index is -1.18. The molecule has 0 saturated heterocycles. The molecule has 2 atom stereocenters. The van der Waals surface area contributed by atoms with Gasteiger partial charge < -0.3 is 15.7 Å². The number of hydrogen-bond acceptors (Lipinski definition) is 5. The van der Waals surface area contributed by atoms with E-state index in [-0.39, 0.29) is 5.91 Å². The maximum absolute atomic E-state index is 12.4. The van der Waals surface area contributed by atoms with Gasteiger partial charge in [-0.1, -0.05) is 52.0 Å². The number of anilines is 1. The standard InChI is InChI=1S/C17H27N3O3S/c1-7-8-11(19-15(23)13(21)17(4,5)6)14(22)20-16-18-9-12(24-16)10(2)3/h9,11,13,21H,2,7-8H2,1,3-6H3,(H,19,23)(H,18,20,22)/t11-,13+/m0/s1. The molecule has 0 saturated carbocycles. The normalized spacial score (nSPS) is 13.9. The van der Waals surface area contributed by atoms with Crippen LogP contribution in [0.15, 0.2) is 12.8 Å². The maximum Gasteiger partial charge on any atom is 0.250 e. The molecule has 0 radical (unpaired) electrons. The van der Waals surface area contributed by atoms with Crippen molar-refractivity contribution >= 4 is 33.9 Å². The molecule has 0 aromatic carbocycles. The molecular formula is C17H27N3O3S. The van der Waals surface area contributed by atoms with E-state index in [1.54, 1.807) is 27.0 Å². The Bertz CT molecular complexity index is 604. The third-order valence-electron chi connectivity index (χ3n) is 3.44. The number of aliphatic hydroxyl groups is 1. The van der Waals surface area contributed by atoms with Gasteiger partial charge in [0.15, 0.2) is 5.13 Å². The maximum atomic E-state index is 12.4. The summed E-state index contributed by atoms with van der Waals surface area (Å²) < 4.78 is 0. The molecule has 134 valence electrons. The fourth-order valence-corrected chi connectivity index (χ4v) is 2.67. The number of carbonyl (C=O) groups excluding carboxylic acids is 2. The number of rotatable bonds is 7. The van der Waals surface area contributed by atoms with Gasteiger partial charge in [0, 0.05) is 6.20 Å². The second kappa shape index (κ2) is 8.39. The molecule has 3 N–H and O–H groups in total. The molecule has 0 fully saturated rings. The summed E-state index contributed by atoms with van der Waals surface area (Å²) in [6.07, 6.45) is 1.67. The van der Waals surface area contributed by atoms with E-state index in [1.165, 1.54) is 11.3 Å². The monoisotopic (exact) mass is 353 g/mol. The van der Waals surface area contributed by atoms with Crippen LogP contribution in [0.1, 0.15) is 52.3 Å². The average Bonchev–Trinajstić information content (AvgIpc) is 2.93. The zero-order chi connectivity index (χ0) is 18.5. The van der Waals surface area contributed by atoms with E-state index in [9.17, 15) is 14.7 Å². The van der Waals surface area contributed by atoms with Crippen molar-refractivity contribution in [1.82, 2.24) is 10.3 Å². The van der Waals surface area contributed by atoms with Gasteiger partial charge in [-0.05, 0) is 24.3 Å². The van der Waals surface area contributed by atoms with Crippen LogP contribution in [0.2, 0.25) is 0 Å². The summed E-state index contributed by atoms with van der Waals surface area (Å²) in [5.41, 5.74) is 0.281. The number of thiazole rings is 1. The number of amides is 2. The molecule has 6 nitrogen and oxygen atoms in total. The van der Waals surface area contributed by atoms with Crippen LogP contribution in [0.25, 0.3) is 5.57 Å². The molecule has 0 unspecified atom stereocenters. The lowest BCUT2D eigenvalue weighted by atomic mass is 9.88. The fourth-order valence-electron chi connectivity index (χ4n) is 1.92. The lowest BCUT2D eigenvalue weighted by Gasteiger charge is -2.26. The van der Waals surface area contributed by atoms with E-state index in [1.807, 2.05) is 13.8 Å². The third kappa shape index (κ3) is 5.72. The van der Waals surface area contributed by atoms with Crippen LogP contribution in [0.5, 0.6) is 0 Å². The lowest BCUT2D eigenvalue weighted by molar-refractivity contribution is -0.137. The number of aliphatic hydroxyl groups excluding tert-OH is 1. The first kappa shape index (κ1) is 20.3. The molecule has 1 aromatic rings. The van der Waals surface area contributed by atoms with E-state index in [2.05, 4.69) is 22.2 Å². The van der Waals surface area contributed by atoms with Crippen molar-refractivity contribution in [2.24, 2.45) is 5.41 Å². The molecule has 1 aromatic heterocycles. The summed E-state index contributed by atoms with van der Waals surface area (Å²) in [6, 6.07) is -0.711. The first-order chi connectivity index (χ1) is 11.1. The molecule has 1 rings (SSSR count). The average molecular weight is 353 g/mol. The fraction of sp³-hybridized carbons (Fsp3) is 0.588. The summed E-state index contributed by atoms with van der Waals surface area (Å²) in [7, 11) is 0. The van der Waals surface area contributed by atoms with Crippen molar-refractivity contribution in [3.05, 3.63) is 17.7 Å². The molecule has 7 heteroatoms. The Labute approximate surface area is 147 Å².